The lowest BCUT2D eigenvalue weighted by Crippen LogP contribution is -2.41. The van der Waals surface area contributed by atoms with Gasteiger partial charge in [-0.3, -0.25) is 4.79 Å². The average Bonchev–Trinajstić information content (AvgIpc) is 2.70. The molecular formula is C18H28N4O. The molecule has 5 heteroatoms. The van der Waals surface area contributed by atoms with E-state index in [1.165, 1.54) is 6.42 Å². The highest BCUT2D eigenvalue weighted by molar-refractivity contribution is 5.79. The Morgan fingerprint density at radius 2 is 1.83 bits per heavy atom. The van der Waals surface area contributed by atoms with Crippen LogP contribution in [0.5, 0.6) is 0 Å². The lowest BCUT2D eigenvalue weighted by Gasteiger charge is -2.31. The fourth-order valence-electron chi connectivity index (χ4n) is 3.17. The quantitative estimate of drug-likeness (QED) is 0.841. The molecule has 3 rings (SSSR count). The first-order valence-corrected chi connectivity index (χ1v) is 8.83. The smallest absolute Gasteiger partial charge is 0.225 e. The van der Waals surface area contributed by atoms with Crippen molar-refractivity contribution in [2.75, 3.05) is 31.1 Å². The molecular weight excluding hydrogens is 288 g/mol. The second kappa shape index (κ2) is 6.46. The summed E-state index contributed by atoms with van der Waals surface area (Å²) < 4.78 is 0. The molecule has 0 unspecified atom stereocenters. The van der Waals surface area contributed by atoms with Crippen molar-refractivity contribution in [3.05, 3.63) is 17.8 Å². The molecule has 126 valence electrons. The molecule has 0 aromatic carbocycles. The van der Waals surface area contributed by atoms with Crippen LogP contribution in [0.2, 0.25) is 0 Å². The molecule has 0 atom stereocenters. The molecule has 1 aromatic heterocycles. The van der Waals surface area contributed by atoms with Crippen molar-refractivity contribution in [2.24, 2.45) is 5.92 Å². The van der Waals surface area contributed by atoms with Gasteiger partial charge in [0.15, 0.2) is 5.82 Å². The molecule has 2 fully saturated rings. The van der Waals surface area contributed by atoms with Crippen LogP contribution in [0, 0.1) is 5.92 Å². The molecule has 23 heavy (non-hydrogen) atoms. The first-order valence-electron chi connectivity index (χ1n) is 8.83. The standard InChI is InChI=1S/C18H28N4O/c1-18(2,3)15-8-9-16(20-19-15)21-10-5-11-22(13-12-21)17(23)14-6-4-7-14/h8-9,14H,4-7,10-13H2,1-3H3. The van der Waals surface area contributed by atoms with Crippen molar-refractivity contribution >= 4 is 11.7 Å². The third kappa shape index (κ3) is 3.65. The normalized spacial score (nSPS) is 20.1. The first-order chi connectivity index (χ1) is 10.9. The highest BCUT2D eigenvalue weighted by Gasteiger charge is 2.30. The molecule has 5 nitrogen and oxygen atoms in total. The largest absolute Gasteiger partial charge is 0.353 e. The molecule has 2 aliphatic rings. The third-order valence-corrected chi connectivity index (χ3v) is 5.00. The predicted molar refractivity (Wildman–Crippen MR) is 91.5 cm³/mol. The van der Waals surface area contributed by atoms with Gasteiger partial charge >= 0.3 is 0 Å². The Bertz CT molecular complexity index is 545. The fourth-order valence-corrected chi connectivity index (χ4v) is 3.17. The highest BCUT2D eigenvalue weighted by Crippen LogP contribution is 2.29. The zero-order chi connectivity index (χ0) is 16.4. The SMILES string of the molecule is CC(C)(C)c1ccc(N2CCCN(C(=O)C3CCC3)CC2)nn1. The van der Waals surface area contributed by atoms with Gasteiger partial charge in [-0.25, -0.2) is 0 Å². The molecule has 1 aliphatic carbocycles. The minimum absolute atomic E-state index is 0.0241. The fraction of sp³-hybridized carbons (Fsp3) is 0.722. The molecule has 0 spiro atoms. The molecule has 1 aliphatic heterocycles. The maximum atomic E-state index is 12.4. The van der Waals surface area contributed by atoms with Gasteiger partial charge in [-0.15, -0.1) is 5.10 Å². The van der Waals surface area contributed by atoms with E-state index in [2.05, 4.69) is 52.9 Å². The van der Waals surface area contributed by atoms with Gasteiger partial charge in [0, 0.05) is 37.5 Å². The van der Waals surface area contributed by atoms with Gasteiger partial charge < -0.3 is 9.80 Å². The molecule has 2 heterocycles. The van der Waals surface area contributed by atoms with Crippen molar-refractivity contribution in [2.45, 2.75) is 51.9 Å². The maximum Gasteiger partial charge on any atom is 0.225 e. The number of hydrogen-bond acceptors (Lipinski definition) is 4. The monoisotopic (exact) mass is 316 g/mol. The Kier molecular flexibility index (Phi) is 4.55. The third-order valence-electron chi connectivity index (χ3n) is 5.00. The number of hydrogen-bond donors (Lipinski definition) is 0. The van der Waals surface area contributed by atoms with Crippen molar-refractivity contribution in [1.82, 2.24) is 15.1 Å². The minimum atomic E-state index is 0.0241. The summed E-state index contributed by atoms with van der Waals surface area (Å²) in [6, 6.07) is 4.14. The summed E-state index contributed by atoms with van der Waals surface area (Å²) >= 11 is 0. The second-order valence-electron chi connectivity index (χ2n) is 7.82. The summed E-state index contributed by atoms with van der Waals surface area (Å²) in [5.41, 5.74) is 1.04. The molecule has 1 amide bonds. The summed E-state index contributed by atoms with van der Waals surface area (Å²) in [7, 11) is 0. The Labute approximate surface area is 139 Å². The number of carbonyl (C=O) groups excluding carboxylic acids is 1. The van der Waals surface area contributed by atoms with E-state index in [0.717, 1.165) is 57.0 Å². The number of amides is 1. The second-order valence-corrected chi connectivity index (χ2v) is 7.82. The molecule has 0 radical (unpaired) electrons. The highest BCUT2D eigenvalue weighted by atomic mass is 16.2. The Morgan fingerprint density at radius 3 is 2.39 bits per heavy atom. The number of nitrogens with zero attached hydrogens (tertiary/aromatic N) is 4. The number of rotatable bonds is 2. The van der Waals surface area contributed by atoms with E-state index in [1.54, 1.807) is 0 Å². The molecule has 1 aromatic rings. The van der Waals surface area contributed by atoms with Crippen LogP contribution in [0.4, 0.5) is 5.82 Å². The van der Waals surface area contributed by atoms with Crippen molar-refractivity contribution in [3.63, 3.8) is 0 Å². The molecule has 0 N–H and O–H groups in total. The number of aromatic nitrogens is 2. The van der Waals surface area contributed by atoms with E-state index in [0.29, 0.717) is 11.8 Å². The number of anilines is 1. The van der Waals surface area contributed by atoms with E-state index in [9.17, 15) is 4.79 Å². The zero-order valence-corrected chi connectivity index (χ0v) is 14.6. The van der Waals surface area contributed by atoms with Gasteiger partial charge in [-0.05, 0) is 31.4 Å². The van der Waals surface area contributed by atoms with E-state index >= 15 is 0 Å². The van der Waals surface area contributed by atoms with Gasteiger partial charge in [-0.2, -0.15) is 5.10 Å². The van der Waals surface area contributed by atoms with Crippen molar-refractivity contribution in [3.8, 4) is 0 Å². The van der Waals surface area contributed by atoms with Crippen LogP contribution in [0.3, 0.4) is 0 Å². The van der Waals surface area contributed by atoms with E-state index in [1.807, 2.05) is 0 Å². The topological polar surface area (TPSA) is 49.3 Å². The molecule has 1 saturated heterocycles. The van der Waals surface area contributed by atoms with Crippen LogP contribution < -0.4 is 4.90 Å². The van der Waals surface area contributed by atoms with Crippen molar-refractivity contribution in [1.29, 1.82) is 0 Å². The first kappa shape index (κ1) is 16.2. The van der Waals surface area contributed by atoms with Crippen LogP contribution in [0.15, 0.2) is 12.1 Å². The van der Waals surface area contributed by atoms with E-state index in [4.69, 9.17) is 0 Å². The van der Waals surface area contributed by atoms with Crippen LogP contribution in [0.25, 0.3) is 0 Å². The van der Waals surface area contributed by atoms with Crippen LogP contribution in [-0.4, -0.2) is 47.2 Å². The summed E-state index contributed by atoms with van der Waals surface area (Å²) in [5.74, 6) is 1.59. The van der Waals surface area contributed by atoms with E-state index < -0.39 is 0 Å². The van der Waals surface area contributed by atoms with Gasteiger partial charge in [0.25, 0.3) is 0 Å². The maximum absolute atomic E-state index is 12.4. The molecule has 1 saturated carbocycles. The Morgan fingerprint density at radius 1 is 1.04 bits per heavy atom. The van der Waals surface area contributed by atoms with Crippen molar-refractivity contribution < 1.29 is 4.79 Å². The van der Waals surface area contributed by atoms with Crippen LogP contribution in [-0.2, 0) is 10.2 Å². The predicted octanol–water partition coefficient (Wildman–Crippen LogP) is 2.61. The summed E-state index contributed by atoms with van der Waals surface area (Å²) in [6.45, 7) is 9.91. The Hall–Kier alpha value is -1.65. The van der Waals surface area contributed by atoms with Gasteiger partial charge in [0.1, 0.15) is 0 Å². The van der Waals surface area contributed by atoms with Crippen LogP contribution in [0.1, 0.15) is 52.1 Å². The lowest BCUT2D eigenvalue weighted by molar-refractivity contribution is -0.137. The minimum Gasteiger partial charge on any atom is -0.353 e. The Balaban J connectivity index is 1.62. The van der Waals surface area contributed by atoms with Gasteiger partial charge in [-0.1, -0.05) is 27.2 Å². The summed E-state index contributed by atoms with van der Waals surface area (Å²) in [4.78, 5) is 16.7. The lowest BCUT2D eigenvalue weighted by atomic mass is 9.84. The summed E-state index contributed by atoms with van der Waals surface area (Å²) in [6.07, 6.45) is 4.38. The van der Waals surface area contributed by atoms with E-state index in [-0.39, 0.29) is 5.41 Å². The van der Waals surface area contributed by atoms with Crippen LogP contribution >= 0.6 is 0 Å². The van der Waals surface area contributed by atoms with Gasteiger partial charge in [0.2, 0.25) is 5.91 Å². The summed E-state index contributed by atoms with van der Waals surface area (Å²) in [5, 5.41) is 8.80. The van der Waals surface area contributed by atoms with Gasteiger partial charge in [0.05, 0.1) is 5.69 Å². The average molecular weight is 316 g/mol. The number of carbonyl (C=O) groups is 1. The molecule has 0 bridgehead atoms. The zero-order valence-electron chi connectivity index (χ0n) is 14.6.